The number of morpholine rings is 1. The number of carbonyl (C=O) groups is 2. The number of nitrogens with one attached hydrogen (secondary N) is 1. The van der Waals surface area contributed by atoms with E-state index in [1.807, 2.05) is 6.07 Å². The maximum atomic E-state index is 12.7. The molecule has 28 heavy (non-hydrogen) atoms. The summed E-state index contributed by atoms with van der Waals surface area (Å²) in [5.41, 5.74) is 7.57. The van der Waals surface area contributed by atoms with E-state index in [0.29, 0.717) is 31.0 Å². The second-order valence-electron chi connectivity index (χ2n) is 6.84. The Morgan fingerprint density at radius 2 is 1.96 bits per heavy atom. The third-order valence-electron chi connectivity index (χ3n) is 5.34. The van der Waals surface area contributed by atoms with Crippen molar-refractivity contribution in [2.75, 3.05) is 50.2 Å². The highest BCUT2D eigenvalue weighted by Crippen LogP contribution is 2.33. The van der Waals surface area contributed by atoms with E-state index in [1.54, 1.807) is 12.1 Å². The van der Waals surface area contributed by atoms with Crippen LogP contribution in [-0.2, 0) is 14.3 Å². The van der Waals surface area contributed by atoms with Crippen molar-refractivity contribution in [2.45, 2.75) is 19.3 Å². The quantitative estimate of drug-likeness (QED) is 0.692. The summed E-state index contributed by atoms with van der Waals surface area (Å²) < 4.78 is 10.3. The Balaban J connectivity index is 0.00000196. The molecule has 158 valence electrons. The van der Waals surface area contributed by atoms with Crippen molar-refractivity contribution < 1.29 is 19.1 Å². The molecular weight excluding hydrogens is 405 g/mol. The van der Waals surface area contributed by atoms with Gasteiger partial charge in [0.1, 0.15) is 0 Å². The minimum Gasteiger partial charge on any atom is -0.465 e. The lowest BCUT2D eigenvalue weighted by Crippen LogP contribution is -2.36. The van der Waals surface area contributed by atoms with Crippen LogP contribution in [0.5, 0.6) is 0 Å². The van der Waals surface area contributed by atoms with Crippen LogP contribution in [0.4, 0.5) is 11.4 Å². The lowest BCUT2D eigenvalue weighted by Gasteiger charge is -2.29. The van der Waals surface area contributed by atoms with Crippen molar-refractivity contribution in [3.05, 3.63) is 23.8 Å². The highest BCUT2D eigenvalue weighted by atomic mass is 35.5. The fourth-order valence-corrected chi connectivity index (χ4v) is 3.83. The first-order chi connectivity index (χ1) is 12.6. The second-order valence-corrected chi connectivity index (χ2v) is 6.84. The van der Waals surface area contributed by atoms with Gasteiger partial charge < -0.3 is 25.4 Å². The molecule has 1 saturated carbocycles. The molecule has 3 rings (SSSR count). The molecule has 1 amide bonds. The zero-order chi connectivity index (χ0) is 18.5. The summed E-state index contributed by atoms with van der Waals surface area (Å²) in [6.45, 7) is 3.37. The highest BCUT2D eigenvalue weighted by Gasteiger charge is 2.32. The van der Waals surface area contributed by atoms with Gasteiger partial charge in [-0.2, -0.15) is 0 Å². The summed E-state index contributed by atoms with van der Waals surface area (Å²) in [4.78, 5) is 27.1. The number of esters is 1. The summed E-state index contributed by atoms with van der Waals surface area (Å²) >= 11 is 0. The Labute approximate surface area is 178 Å². The smallest absolute Gasteiger partial charge is 0.340 e. The Kier molecular flexibility index (Phi) is 10.0. The van der Waals surface area contributed by atoms with Crippen molar-refractivity contribution in [3.63, 3.8) is 0 Å². The highest BCUT2D eigenvalue weighted by molar-refractivity contribution is 6.02. The topological polar surface area (TPSA) is 93.9 Å². The van der Waals surface area contributed by atoms with Crippen LogP contribution in [0.2, 0.25) is 0 Å². The van der Waals surface area contributed by atoms with E-state index < -0.39 is 5.97 Å². The molecule has 1 aromatic carbocycles. The van der Waals surface area contributed by atoms with Crippen LogP contribution in [-0.4, -0.2) is 51.8 Å². The molecule has 3 N–H and O–H groups in total. The van der Waals surface area contributed by atoms with E-state index in [2.05, 4.69) is 10.2 Å². The summed E-state index contributed by atoms with van der Waals surface area (Å²) in [5.74, 6) is -0.409. The number of carbonyl (C=O) groups excluding carboxylic acids is 2. The SMILES string of the molecule is COC(=O)c1cc(N2CCOCC2)ccc1NC(=O)[C@@H]1CCC[C@@H]1CN.Cl.Cl. The molecular formula is C19H29Cl2N3O4. The number of hydrogen-bond acceptors (Lipinski definition) is 6. The number of hydrogen-bond donors (Lipinski definition) is 2. The lowest BCUT2D eigenvalue weighted by atomic mass is 9.95. The van der Waals surface area contributed by atoms with Crippen LogP contribution in [0, 0.1) is 11.8 Å². The fraction of sp³-hybridized carbons (Fsp3) is 0.579. The number of nitrogens with two attached hydrogens (primary N) is 1. The van der Waals surface area contributed by atoms with Crippen molar-refractivity contribution in [1.82, 2.24) is 0 Å². The zero-order valence-electron chi connectivity index (χ0n) is 16.0. The predicted molar refractivity (Wildman–Crippen MR) is 114 cm³/mol. The van der Waals surface area contributed by atoms with Gasteiger partial charge in [0.2, 0.25) is 5.91 Å². The number of nitrogens with zero attached hydrogens (tertiary/aromatic N) is 1. The van der Waals surface area contributed by atoms with Crippen molar-refractivity contribution in [3.8, 4) is 0 Å². The summed E-state index contributed by atoms with van der Waals surface area (Å²) in [6.07, 6.45) is 2.83. The molecule has 0 radical (unpaired) electrons. The molecule has 0 aromatic heterocycles. The second kappa shape index (κ2) is 11.5. The Morgan fingerprint density at radius 3 is 2.61 bits per heavy atom. The number of methoxy groups -OCH3 is 1. The van der Waals surface area contributed by atoms with Crippen LogP contribution in [0.3, 0.4) is 0 Å². The number of benzene rings is 1. The largest absolute Gasteiger partial charge is 0.465 e. The van der Waals surface area contributed by atoms with E-state index in [4.69, 9.17) is 15.2 Å². The molecule has 1 heterocycles. The van der Waals surface area contributed by atoms with Crippen molar-refractivity contribution >= 4 is 48.1 Å². The maximum Gasteiger partial charge on any atom is 0.340 e. The Morgan fingerprint density at radius 1 is 1.25 bits per heavy atom. The summed E-state index contributed by atoms with van der Waals surface area (Å²) in [7, 11) is 1.34. The third kappa shape index (κ3) is 5.50. The standard InChI is InChI=1S/C19H27N3O4.2ClH/c1-25-19(24)16-11-14(22-7-9-26-10-8-22)5-6-17(16)21-18(23)15-4-2-3-13(15)12-20;;/h5-6,11,13,15H,2-4,7-10,12,20H2,1H3,(H,21,23);2*1H/t13-,15-;;/m1../s1. The van der Waals surface area contributed by atoms with Gasteiger partial charge in [-0.15, -0.1) is 24.8 Å². The minimum atomic E-state index is -0.461. The molecule has 9 heteroatoms. The Hall–Kier alpha value is -1.54. The average molecular weight is 434 g/mol. The van der Waals surface area contributed by atoms with Crippen molar-refractivity contribution in [2.24, 2.45) is 17.6 Å². The molecule has 1 saturated heterocycles. The van der Waals surface area contributed by atoms with Gasteiger partial charge in [-0.05, 0) is 43.5 Å². The van der Waals surface area contributed by atoms with E-state index in [9.17, 15) is 9.59 Å². The number of anilines is 2. The molecule has 2 fully saturated rings. The van der Waals surface area contributed by atoms with E-state index in [0.717, 1.165) is 38.0 Å². The van der Waals surface area contributed by atoms with Gasteiger partial charge in [-0.1, -0.05) is 6.42 Å². The van der Waals surface area contributed by atoms with Crippen LogP contribution in [0.15, 0.2) is 18.2 Å². The van der Waals surface area contributed by atoms with Gasteiger partial charge in [0.25, 0.3) is 0 Å². The van der Waals surface area contributed by atoms with Crippen molar-refractivity contribution in [1.29, 1.82) is 0 Å². The number of amides is 1. The van der Waals surface area contributed by atoms with Gasteiger partial charge in [0.05, 0.1) is 31.6 Å². The average Bonchev–Trinajstić information content (AvgIpc) is 3.17. The zero-order valence-corrected chi connectivity index (χ0v) is 17.7. The molecule has 0 spiro atoms. The lowest BCUT2D eigenvalue weighted by molar-refractivity contribution is -0.120. The monoisotopic (exact) mass is 433 g/mol. The molecule has 1 aliphatic carbocycles. The molecule has 2 aliphatic rings. The van der Waals surface area contributed by atoms with Crippen LogP contribution in [0.1, 0.15) is 29.6 Å². The molecule has 1 aliphatic heterocycles. The first kappa shape index (κ1) is 24.5. The van der Waals surface area contributed by atoms with Gasteiger partial charge in [0.15, 0.2) is 0 Å². The van der Waals surface area contributed by atoms with E-state index in [1.165, 1.54) is 7.11 Å². The van der Waals surface area contributed by atoms with Crippen LogP contribution >= 0.6 is 24.8 Å². The van der Waals surface area contributed by atoms with Crippen LogP contribution < -0.4 is 16.0 Å². The molecule has 7 nitrogen and oxygen atoms in total. The molecule has 2 atom stereocenters. The Bertz CT molecular complexity index is 669. The van der Waals surface area contributed by atoms with E-state index >= 15 is 0 Å². The van der Waals surface area contributed by atoms with Crippen LogP contribution in [0.25, 0.3) is 0 Å². The molecule has 0 unspecified atom stereocenters. The maximum absolute atomic E-state index is 12.7. The van der Waals surface area contributed by atoms with E-state index in [-0.39, 0.29) is 42.6 Å². The van der Waals surface area contributed by atoms with Gasteiger partial charge in [-0.25, -0.2) is 4.79 Å². The fourth-order valence-electron chi connectivity index (χ4n) is 3.83. The number of rotatable bonds is 5. The predicted octanol–water partition coefficient (Wildman–Crippen LogP) is 2.47. The van der Waals surface area contributed by atoms with Gasteiger partial charge >= 0.3 is 5.97 Å². The summed E-state index contributed by atoms with van der Waals surface area (Å²) in [5, 5.41) is 2.92. The summed E-state index contributed by atoms with van der Waals surface area (Å²) in [6, 6.07) is 5.48. The third-order valence-corrected chi connectivity index (χ3v) is 5.34. The van der Waals surface area contributed by atoms with Gasteiger partial charge in [-0.3, -0.25) is 4.79 Å². The first-order valence-corrected chi connectivity index (χ1v) is 9.20. The minimum absolute atomic E-state index is 0. The normalized spacial score (nSPS) is 21.3. The molecule has 0 bridgehead atoms. The number of ether oxygens (including phenoxy) is 2. The van der Waals surface area contributed by atoms with Gasteiger partial charge in [0, 0.05) is 24.7 Å². The molecule has 1 aromatic rings. The number of halogens is 2. The first-order valence-electron chi connectivity index (χ1n) is 9.20.